The molecular formula is C16H23ClN2O5S. The molecule has 0 aliphatic carbocycles. The zero-order valence-corrected chi connectivity index (χ0v) is 15.9. The lowest BCUT2D eigenvalue weighted by Gasteiger charge is -2.31. The van der Waals surface area contributed by atoms with Gasteiger partial charge in [0.25, 0.3) is 0 Å². The highest BCUT2D eigenvalue weighted by molar-refractivity contribution is 7.89. The monoisotopic (exact) mass is 390 g/mol. The van der Waals surface area contributed by atoms with E-state index in [2.05, 4.69) is 5.32 Å². The highest BCUT2D eigenvalue weighted by Gasteiger charge is 2.34. The Morgan fingerprint density at radius 2 is 2.16 bits per heavy atom. The Hall–Kier alpha value is -1.35. The number of halogens is 1. The third kappa shape index (κ3) is 4.84. The second-order valence-electron chi connectivity index (χ2n) is 5.78. The van der Waals surface area contributed by atoms with Crippen molar-refractivity contribution in [1.82, 2.24) is 9.62 Å². The zero-order valence-electron chi connectivity index (χ0n) is 14.3. The Kier molecular flexibility index (Phi) is 7.06. The number of rotatable bonds is 7. The number of nitrogens with zero attached hydrogens (tertiary/aromatic N) is 1. The summed E-state index contributed by atoms with van der Waals surface area (Å²) in [6.07, 6.45) is 1.27. The van der Waals surface area contributed by atoms with Gasteiger partial charge in [0.1, 0.15) is 10.6 Å². The molecule has 1 fully saturated rings. The summed E-state index contributed by atoms with van der Waals surface area (Å²) in [4.78, 5) is 12.2. The van der Waals surface area contributed by atoms with E-state index in [4.69, 9.17) is 21.1 Å². The summed E-state index contributed by atoms with van der Waals surface area (Å²) in [7, 11) is -0.837. The third-order valence-electron chi connectivity index (χ3n) is 4.10. The number of sulfonamides is 1. The van der Waals surface area contributed by atoms with Crippen molar-refractivity contribution in [2.75, 3.05) is 40.5 Å². The maximum Gasteiger partial charge on any atom is 0.246 e. The number of hydrogen-bond acceptors (Lipinski definition) is 5. The molecule has 0 aromatic heterocycles. The van der Waals surface area contributed by atoms with Crippen LogP contribution >= 0.6 is 11.6 Å². The summed E-state index contributed by atoms with van der Waals surface area (Å²) in [6.45, 7) is 1.32. The minimum atomic E-state index is -3.80. The number of methoxy groups -OCH3 is 2. The van der Waals surface area contributed by atoms with Gasteiger partial charge >= 0.3 is 0 Å². The summed E-state index contributed by atoms with van der Waals surface area (Å²) < 4.78 is 37.4. The van der Waals surface area contributed by atoms with Crippen molar-refractivity contribution in [2.45, 2.75) is 17.7 Å². The van der Waals surface area contributed by atoms with E-state index in [-0.39, 0.29) is 29.0 Å². The van der Waals surface area contributed by atoms with E-state index in [1.807, 2.05) is 0 Å². The lowest BCUT2D eigenvalue weighted by molar-refractivity contribution is -0.126. The molecule has 7 nitrogen and oxygen atoms in total. The molecule has 2 rings (SSSR count). The summed E-state index contributed by atoms with van der Waals surface area (Å²) in [5, 5.41) is 3.08. The maximum atomic E-state index is 13.0. The van der Waals surface area contributed by atoms with Crippen molar-refractivity contribution in [3.63, 3.8) is 0 Å². The van der Waals surface area contributed by atoms with Crippen LogP contribution in [0.3, 0.4) is 0 Å². The highest BCUT2D eigenvalue weighted by atomic mass is 35.5. The second kappa shape index (κ2) is 8.84. The molecule has 1 aliphatic rings. The Labute approximate surface area is 153 Å². The summed E-state index contributed by atoms with van der Waals surface area (Å²) in [5.41, 5.74) is 0. The summed E-state index contributed by atoms with van der Waals surface area (Å²) in [5.74, 6) is -0.309. The molecule has 140 valence electrons. The third-order valence-corrected chi connectivity index (χ3v) is 6.23. The van der Waals surface area contributed by atoms with Gasteiger partial charge in [-0.3, -0.25) is 4.79 Å². The lowest BCUT2D eigenvalue weighted by atomic mass is 9.99. The number of amides is 1. The molecule has 1 saturated heterocycles. The van der Waals surface area contributed by atoms with Crippen molar-refractivity contribution in [3.05, 3.63) is 23.2 Å². The van der Waals surface area contributed by atoms with E-state index in [9.17, 15) is 13.2 Å². The van der Waals surface area contributed by atoms with Crippen LogP contribution in [0.2, 0.25) is 5.02 Å². The number of carbonyl (C=O) groups is 1. The maximum absolute atomic E-state index is 13.0. The molecule has 0 saturated carbocycles. The first-order valence-corrected chi connectivity index (χ1v) is 9.82. The van der Waals surface area contributed by atoms with Gasteiger partial charge in [0.05, 0.1) is 19.6 Å². The average Bonchev–Trinajstić information content (AvgIpc) is 2.62. The molecule has 1 aromatic carbocycles. The van der Waals surface area contributed by atoms with Gasteiger partial charge in [-0.2, -0.15) is 4.31 Å². The van der Waals surface area contributed by atoms with Crippen LogP contribution < -0.4 is 10.1 Å². The molecule has 1 atom stereocenters. The SMILES string of the molecule is COCCNC(=O)[C@@H]1CCCN(S(=O)(=O)c2cc(Cl)ccc2OC)C1. The number of benzene rings is 1. The molecule has 0 radical (unpaired) electrons. The van der Waals surface area contributed by atoms with Crippen LogP contribution in [-0.2, 0) is 19.6 Å². The van der Waals surface area contributed by atoms with Crippen LogP contribution in [0.5, 0.6) is 5.75 Å². The summed E-state index contributed by atoms with van der Waals surface area (Å²) in [6, 6.07) is 4.47. The first kappa shape index (κ1) is 20.0. The van der Waals surface area contributed by atoms with Gasteiger partial charge in [-0.15, -0.1) is 0 Å². The number of carbonyl (C=O) groups excluding carboxylic acids is 1. The van der Waals surface area contributed by atoms with E-state index in [0.717, 1.165) is 0 Å². The number of hydrogen-bond donors (Lipinski definition) is 1. The smallest absolute Gasteiger partial charge is 0.246 e. The van der Waals surface area contributed by atoms with Gasteiger partial charge in [0.15, 0.2) is 0 Å². The average molecular weight is 391 g/mol. The molecular weight excluding hydrogens is 368 g/mol. The minimum absolute atomic E-state index is 0.0166. The molecule has 9 heteroatoms. The van der Waals surface area contributed by atoms with Gasteiger partial charge in [0, 0.05) is 31.8 Å². The highest BCUT2D eigenvalue weighted by Crippen LogP contribution is 2.31. The molecule has 25 heavy (non-hydrogen) atoms. The first-order valence-electron chi connectivity index (χ1n) is 8.00. The van der Waals surface area contributed by atoms with E-state index in [1.165, 1.54) is 23.5 Å². The van der Waals surface area contributed by atoms with Gasteiger partial charge in [-0.1, -0.05) is 11.6 Å². The molecule has 0 spiro atoms. The van der Waals surface area contributed by atoms with E-state index in [0.29, 0.717) is 37.6 Å². The molecule has 1 heterocycles. The lowest BCUT2D eigenvalue weighted by Crippen LogP contribution is -2.45. The van der Waals surface area contributed by atoms with Gasteiger partial charge in [-0.25, -0.2) is 8.42 Å². The standard InChI is InChI=1S/C16H23ClN2O5S/c1-23-9-7-18-16(20)12-4-3-8-19(11-12)25(21,22)15-10-13(17)5-6-14(15)24-2/h5-6,10,12H,3-4,7-9,11H2,1-2H3,(H,18,20)/t12-/m1/s1. The largest absolute Gasteiger partial charge is 0.495 e. The number of nitrogens with one attached hydrogen (secondary N) is 1. The fourth-order valence-electron chi connectivity index (χ4n) is 2.79. The molecule has 0 bridgehead atoms. The Morgan fingerprint density at radius 1 is 1.40 bits per heavy atom. The first-order chi connectivity index (χ1) is 11.9. The van der Waals surface area contributed by atoms with Crippen molar-refractivity contribution in [3.8, 4) is 5.75 Å². The topological polar surface area (TPSA) is 84.9 Å². The molecule has 1 N–H and O–H groups in total. The van der Waals surface area contributed by atoms with Crippen LogP contribution in [0.15, 0.2) is 23.1 Å². The van der Waals surface area contributed by atoms with Crippen LogP contribution in [0, 0.1) is 5.92 Å². The van der Waals surface area contributed by atoms with Crippen LogP contribution in [-0.4, -0.2) is 59.1 Å². The van der Waals surface area contributed by atoms with Gasteiger partial charge in [-0.05, 0) is 31.0 Å². The quantitative estimate of drug-likeness (QED) is 0.713. The van der Waals surface area contributed by atoms with Crippen LogP contribution in [0.25, 0.3) is 0 Å². The second-order valence-corrected chi connectivity index (χ2v) is 8.12. The number of piperidine rings is 1. The number of ether oxygens (including phenoxy) is 2. The predicted octanol–water partition coefficient (Wildman–Crippen LogP) is 1.51. The minimum Gasteiger partial charge on any atom is -0.495 e. The predicted molar refractivity (Wildman–Crippen MR) is 94.4 cm³/mol. The molecule has 1 amide bonds. The van der Waals surface area contributed by atoms with Crippen molar-refractivity contribution in [2.24, 2.45) is 5.92 Å². The van der Waals surface area contributed by atoms with Crippen molar-refractivity contribution >= 4 is 27.5 Å². The summed E-state index contributed by atoms with van der Waals surface area (Å²) >= 11 is 5.95. The normalized spacial score (nSPS) is 18.8. The van der Waals surface area contributed by atoms with Crippen LogP contribution in [0.1, 0.15) is 12.8 Å². The van der Waals surface area contributed by atoms with E-state index in [1.54, 1.807) is 13.2 Å². The van der Waals surface area contributed by atoms with Gasteiger partial charge < -0.3 is 14.8 Å². The van der Waals surface area contributed by atoms with E-state index < -0.39 is 10.0 Å². The van der Waals surface area contributed by atoms with Crippen molar-refractivity contribution < 1.29 is 22.7 Å². The Balaban J connectivity index is 2.17. The Morgan fingerprint density at radius 3 is 2.84 bits per heavy atom. The van der Waals surface area contributed by atoms with Gasteiger partial charge in [0.2, 0.25) is 15.9 Å². The van der Waals surface area contributed by atoms with E-state index >= 15 is 0 Å². The fraction of sp³-hybridized carbons (Fsp3) is 0.562. The van der Waals surface area contributed by atoms with Crippen molar-refractivity contribution in [1.29, 1.82) is 0 Å². The molecule has 0 unspecified atom stereocenters. The molecule has 1 aliphatic heterocycles. The Bertz CT molecular complexity index is 710. The zero-order chi connectivity index (χ0) is 18.4. The molecule has 1 aromatic rings. The van der Waals surface area contributed by atoms with Crippen LogP contribution in [0.4, 0.5) is 0 Å². The fourth-order valence-corrected chi connectivity index (χ4v) is 4.73.